The average molecular weight is 320 g/mol. The van der Waals surface area contributed by atoms with Crippen LogP contribution in [0.2, 0.25) is 0 Å². The number of imidazole rings is 1. The van der Waals surface area contributed by atoms with E-state index in [4.69, 9.17) is 10.1 Å². The molecule has 0 bridgehead atoms. The molecular weight excluding hydrogens is 300 g/mol. The standard InChI is InChI=1S/C18H20N6/c1-2-15(22-17(3-1)21-13-8-9-19-10-13)16-11-20-18-7-6-14(12-4-5-12)23-24(16)18/h1-3,6-7,11-13,19H,4-5,8-10H2,(H,21,22). The van der Waals surface area contributed by atoms with Gasteiger partial charge in [-0.2, -0.15) is 5.10 Å². The number of nitrogens with zero attached hydrogens (tertiary/aromatic N) is 4. The van der Waals surface area contributed by atoms with Crippen LogP contribution in [0.4, 0.5) is 5.82 Å². The molecule has 1 aliphatic heterocycles. The summed E-state index contributed by atoms with van der Waals surface area (Å²) in [6.07, 6.45) is 5.49. The van der Waals surface area contributed by atoms with E-state index in [9.17, 15) is 0 Å². The van der Waals surface area contributed by atoms with E-state index in [0.29, 0.717) is 12.0 Å². The fourth-order valence-electron chi connectivity index (χ4n) is 3.30. The highest BCUT2D eigenvalue weighted by atomic mass is 15.3. The van der Waals surface area contributed by atoms with Crippen LogP contribution in [0, 0.1) is 0 Å². The zero-order valence-electron chi connectivity index (χ0n) is 13.4. The van der Waals surface area contributed by atoms with Crippen molar-refractivity contribution >= 4 is 11.5 Å². The van der Waals surface area contributed by atoms with E-state index in [1.807, 2.05) is 28.9 Å². The first kappa shape index (κ1) is 13.9. The molecule has 6 heteroatoms. The minimum atomic E-state index is 0.453. The lowest BCUT2D eigenvalue weighted by Gasteiger charge is -2.12. The first-order valence-corrected chi connectivity index (χ1v) is 8.66. The van der Waals surface area contributed by atoms with Gasteiger partial charge in [0.1, 0.15) is 11.5 Å². The first-order chi connectivity index (χ1) is 11.9. The number of hydrogen-bond donors (Lipinski definition) is 2. The molecule has 1 saturated carbocycles. The molecule has 6 nitrogen and oxygen atoms in total. The fourth-order valence-corrected chi connectivity index (χ4v) is 3.30. The molecule has 0 amide bonds. The van der Waals surface area contributed by atoms with Crippen molar-refractivity contribution in [2.24, 2.45) is 0 Å². The van der Waals surface area contributed by atoms with Gasteiger partial charge in [0.05, 0.1) is 17.6 Å². The minimum Gasteiger partial charge on any atom is -0.366 e. The van der Waals surface area contributed by atoms with Crippen LogP contribution in [0.5, 0.6) is 0 Å². The molecule has 122 valence electrons. The Hall–Kier alpha value is -2.47. The molecule has 1 atom stereocenters. The van der Waals surface area contributed by atoms with Crippen molar-refractivity contribution in [3.63, 3.8) is 0 Å². The van der Waals surface area contributed by atoms with Crippen LogP contribution in [-0.4, -0.2) is 38.7 Å². The largest absolute Gasteiger partial charge is 0.366 e. The lowest BCUT2D eigenvalue weighted by atomic mass is 10.2. The topological polar surface area (TPSA) is 67.1 Å². The summed E-state index contributed by atoms with van der Waals surface area (Å²) in [6.45, 7) is 2.06. The summed E-state index contributed by atoms with van der Waals surface area (Å²) < 4.78 is 1.93. The second kappa shape index (κ2) is 5.56. The van der Waals surface area contributed by atoms with Gasteiger partial charge in [0.25, 0.3) is 0 Å². The second-order valence-corrected chi connectivity index (χ2v) is 6.69. The van der Waals surface area contributed by atoms with Crippen LogP contribution >= 0.6 is 0 Å². The van der Waals surface area contributed by atoms with Crippen LogP contribution in [0.25, 0.3) is 17.0 Å². The van der Waals surface area contributed by atoms with Gasteiger partial charge in [-0.1, -0.05) is 6.07 Å². The normalized spacial score (nSPS) is 20.6. The zero-order valence-corrected chi connectivity index (χ0v) is 13.4. The molecule has 2 N–H and O–H groups in total. The number of anilines is 1. The average Bonchev–Trinajstić information content (AvgIpc) is 3.17. The third kappa shape index (κ3) is 2.53. The third-order valence-electron chi connectivity index (χ3n) is 4.80. The maximum atomic E-state index is 4.79. The monoisotopic (exact) mass is 320 g/mol. The number of fused-ring (bicyclic) bond motifs is 1. The zero-order chi connectivity index (χ0) is 15.9. The summed E-state index contributed by atoms with van der Waals surface area (Å²) in [5.74, 6) is 1.54. The molecule has 3 aromatic rings. The first-order valence-electron chi connectivity index (χ1n) is 8.66. The van der Waals surface area contributed by atoms with Gasteiger partial charge in [-0.25, -0.2) is 14.5 Å². The summed E-state index contributed by atoms with van der Waals surface area (Å²) in [5.41, 5.74) is 3.88. The minimum absolute atomic E-state index is 0.453. The van der Waals surface area contributed by atoms with Crippen molar-refractivity contribution in [1.82, 2.24) is 24.9 Å². The SMILES string of the molecule is c1cc(NC2CCNC2)nc(-c2cnc3ccc(C4CC4)nn23)c1. The second-order valence-electron chi connectivity index (χ2n) is 6.69. The Bertz CT molecular complexity index is 876. The fraction of sp³-hybridized carbons (Fsp3) is 0.389. The Morgan fingerprint density at radius 1 is 1.12 bits per heavy atom. The van der Waals surface area contributed by atoms with Gasteiger partial charge in [0.15, 0.2) is 5.65 Å². The van der Waals surface area contributed by atoms with E-state index in [1.165, 1.54) is 12.8 Å². The van der Waals surface area contributed by atoms with Crippen molar-refractivity contribution < 1.29 is 0 Å². The Balaban J connectivity index is 1.50. The van der Waals surface area contributed by atoms with Crippen LogP contribution in [0.3, 0.4) is 0 Å². The van der Waals surface area contributed by atoms with Gasteiger partial charge in [0.2, 0.25) is 0 Å². The van der Waals surface area contributed by atoms with Crippen molar-refractivity contribution in [3.8, 4) is 11.4 Å². The van der Waals surface area contributed by atoms with Crippen LogP contribution in [0.1, 0.15) is 30.9 Å². The van der Waals surface area contributed by atoms with Gasteiger partial charge in [0, 0.05) is 18.5 Å². The van der Waals surface area contributed by atoms with E-state index in [2.05, 4.69) is 27.8 Å². The third-order valence-corrected chi connectivity index (χ3v) is 4.80. The van der Waals surface area contributed by atoms with Gasteiger partial charge < -0.3 is 10.6 Å². The molecule has 5 rings (SSSR count). The Labute approximate surface area is 140 Å². The van der Waals surface area contributed by atoms with Crippen molar-refractivity contribution in [1.29, 1.82) is 0 Å². The number of rotatable bonds is 4. The van der Waals surface area contributed by atoms with Crippen molar-refractivity contribution in [2.45, 2.75) is 31.2 Å². The Morgan fingerprint density at radius 2 is 2.08 bits per heavy atom. The van der Waals surface area contributed by atoms with Gasteiger partial charge in [-0.05, 0) is 50.1 Å². The summed E-state index contributed by atoms with van der Waals surface area (Å²) >= 11 is 0. The molecule has 1 aliphatic carbocycles. The van der Waals surface area contributed by atoms with Crippen molar-refractivity contribution in [3.05, 3.63) is 42.2 Å². The highest BCUT2D eigenvalue weighted by Crippen LogP contribution is 2.39. The van der Waals surface area contributed by atoms with E-state index in [1.54, 1.807) is 0 Å². The highest BCUT2D eigenvalue weighted by molar-refractivity contribution is 5.61. The molecule has 1 saturated heterocycles. The predicted octanol–water partition coefficient (Wildman–Crippen LogP) is 2.44. The molecule has 0 aromatic carbocycles. The molecule has 2 aliphatic rings. The molecular formula is C18H20N6. The van der Waals surface area contributed by atoms with Crippen LogP contribution in [-0.2, 0) is 0 Å². The Kier molecular flexibility index (Phi) is 3.23. The number of aromatic nitrogens is 4. The molecule has 4 heterocycles. The number of pyridine rings is 1. The summed E-state index contributed by atoms with van der Waals surface area (Å²) in [7, 11) is 0. The van der Waals surface area contributed by atoms with Crippen molar-refractivity contribution in [2.75, 3.05) is 18.4 Å². The lowest BCUT2D eigenvalue weighted by Crippen LogP contribution is -2.22. The number of hydrogen-bond acceptors (Lipinski definition) is 5. The van der Waals surface area contributed by atoms with E-state index in [-0.39, 0.29) is 0 Å². The lowest BCUT2D eigenvalue weighted by molar-refractivity contribution is 0.788. The number of nitrogens with one attached hydrogen (secondary N) is 2. The highest BCUT2D eigenvalue weighted by Gasteiger charge is 2.25. The quantitative estimate of drug-likeness (QED) is 0.773. The summed E-state index contributed by atoms with van der Waals surface area (Å²) in [6, 6.07) is 10.7. The molecule has 24 heavy (non-hydrogen) atoms. The van der Waals surface area contributed by atoms with Crippen LogP contribution in [0.15, 0.2) is 36.5 Å². The molecule has 0 radical (unpaired) electrons. The molecule has 2 fully saturated rings. The van der Waals surface area contributed by atoms with Crippen LogP contribution < -0.4 is 10.6 Å². The van der Waals surface area contributed by atoms with Gasteiger partial charge in [-0.15, -0.1) is 0 Å². The smallest absolute Gasteiger partial charge is 0.154 e. The Morgan fingerprint density at radius 3 is 2.92 bits per heavy atom. The van der Waals surface area contributed by atoms with Gasteiger partial charge >= 0.3 is 0 Å². The summed E-state index contributed by atoms with van der Waals surface area (Å²) in [5, 5.41) is 11.7. The molecule has 1 unspecified atom stereocenters. The van der Waals surface area contributed by atoms with E-state index in [0.717, 1.165) is 48.1 Å². The van der Waals surface area contributed by atoms with E-state index >= 15 is 0 Å². The molecule has 0 spiro atoms. The maximum absolute atomic E-state index is 4.79. The predicted molar refractivity (Wildman–Crippen MR) is 93.1 cm³/mol. The van der Waals surface area contributed by atoms with E-state index < -0.39 is 0 Å². The van der Waals surface area contributed by atoms with Gasteiger partial charge in [-0.3, -0.25) is 0 Å². The molecule has 3 aromatic heterocycles. The summed E-state index contributed by atoms with van der Waals surface area (Å²) in [4.78, 5) is 9.26. The maximum Gasteiger partial charge on any atom is 0.154 e.